The molecular formula is C7H11N3OS. The van der Waals surface area contributed by atoms with E-state index in [1.165, 1.54) is 11.8 Å². The zero-order valence-corrected chi connectivity index (χ0v) is 7.73. The Morgan fingerprint density at radius 1 is 1.83 bits per heavy atom. The van der Waals surface area contributed by atoms with Crippen molar-refractivity contribution < 1.29 is 4.74 Å². The van der Waals surface area contributed by atoms with Gasteiger partial charge in [0.05, 0.1) is 12.6 Å². The van der Waals surface area contributed by atoms with Gasteiger partial charge in [-0.05, 0) is 12.7 Å². The van der Waals surface area contributed by atoms with Crippen molar-refractivity contribution in [3.8, 4) is 6.19 Å². The van der Waals surface area contributed by atoms with Gasteiger partial charge in [-0.25, -0.2) is 0 Å². The molecule has 5 heteroatoms. The second-order valence-electron chi connectivity index (χ2n) is 2.39. The molecule has 66 valence electrons. The molecule has 0 radical (unpaired) electrons. The minimum atomic E-state index is 0.230. The molecule has 1 aliphatic heterocycles. The quantitative estimate of drug-likeness (QED) is 0.281. The van der Waals surface area contributed by atoms with E-state index in [4.69, 9.17) is 10.00 Å². The fourth-order valence-corrected chi connectivity index (χ4v) is 1.38. The van der Waals surface area contributed by atoms with Gasteiger partial charge in [0.25, 0.3) is 0 Å². The van der Waals surface area contributed by atoms with E-state index in [1.807, 2.05) is 12.4 Å². The molecule has 1 atom stereocenters. The second kappa shape index (κ2) is 5.01. The van der Waals surface area contributed by atoms with Crippen LogP contribution in [0, 0.1) is 11.5 Å². The van der Waals surface area contributed by atoms with E-state index in [2.05, 4.69) is 10.3 Å². The van der Waals surface area contributed by atoms with Gasteiger partial charge in [-0.1, -0.05) is 11.8 Å². The molecule has 0 amide bonds. The van der Waals surface area contributed by atoms with E-state index >= 15 is 0 Å². The van der Waals surface area contributed by atoms with Crippen LogP contribution in [-0.4, -0.2) is 30.7 Å². The maximum Gasteiger partial charge on any atom is 0.183 e. The number of ether oxygens (including phenoxy) is 1. The maximum atomic E-state index is 8.36. The highest BCUT2D eigenvalue weighted by molar-refractivity contribution is 8.13. The van der Waals surface area contributed by atoms with Gasteiger partial charge in [-0.3, -0.25) is 10.3 Å². The molecule has 0 aliphatic carbocycles. The van der Waals surface area contributed by atoms with Gasteiger partial charge in [0.2, 0.25) is 0 Å². The van der Waals surface area contributed by atoms with Crippen LogP contribution in [0.15, 0.2) is 4.99 Å². The lowest BCUT2D eigenvalue weighted by molar-refractivity contribution is 0.194. The third-order valence-corrected chi connectivity index (χ3v) is 2.16. The first kappa shape index (κ1) is 9.36. The van der Waals surface area contributed by atoms with Gasteiger partial charge < -0.3 is 4.74 Å². The predicted molar refractivity (Wildman–Crippen MR) is 48.9 cm³/mol. The fourth-order valence-electron chi connectivity index (χ4n) is 0.974. The number of nitrogens with zero attached hydrogens (tertiary/aromatic N) is 2. The molecule has 1 N–H and O–H groups in total. The summed E-state index contributed by atoms with van der Waals surface area (Å²) in [4.78, 5) is 4.30. The van der Waals surface area contributed by atoms with Crippen LogP contribution in [0.2, 0.25) is 0 Å². The van der Waals surface area contributed by atoms with E-state index < -0.39 is 0 Å². The van der Waals surface area contributed by atoms with Crippen molar-refractivity contribution >= 4 is 16.9 Å². The van der Waals surface area contributed by atoms with Crippen LogP contribution >= 0.6 is 11.8 Å². The monoisotopic (exact) mass is 185 g/mol. The van der Waals surface area contributed by atoms with Crippen molar-refractivity contribution in [2.45, 2.75) is 12.5 Å². The summed E-state index contributed by atoms with van der Waals surface area (Å²) in [6.45, 7) is 1.46. The highest BCUT2D eigenvalue weighted by Crippen LogP contribution is 2.09. The van der Waals surface area contributed by atoms with E-state index in [1.54, 1.807) is 0 Å². The summed E-state index contributed by atoms with van der Waals surface area (Å²) >= 11 is 1.44. The van der Waals surface area contributed by atoms with Crippen LogP contribution in [-0.2, 0) is 4.74 Å². The molecule has 1 rings (SSSR count). The molecule has 0 aromatic carbocycles. The third-order valence-electron chi connectivity index (χ3n) is 1.56. The summed E-state index contributed by atoms with van der Waals surface area (Å²) in [6.07, 6.45) is 4.69. The first-order chi connectivity index (χ1) is 5.86. The zero-order valence-electron chi connectivity index (χ0n) is 6.91. The average molecular weight is 185 g/mol. The molecule has 1 unspecified atom stereocenters. The molecule has 0 saturated carbocycles. The lowest BCUT2D eigenvalue weighted by Crippen LogP contribution is -2.17. The minimum Gasteiger partial charge on any atom is -0.379 e. The van der Waals surface area contributed by atoms with E-state index in [0.717, 1.165) is 13.0 Å². The number of aliphatic imine (C=N–C) groups is 1. The van der Waals surface area contributed by atoms with E-state index in [9.17, 15) is 0 Å². The Balaban J connectivity index is 2.45. The second-order valence-corrected chi connectivity index (χ2v) is 3.19. The molecule has 1 fully saturated rings. The summed E-state index contributed by atoms with van der Waals surface area (Å²) in [5, 5.41) is 11.6. The Hall–Kier alpha value is -0.730. The molecule has 0 aromatic heterocycles. The van der Waals surface area contributed by atoms with Gasteiger partial charge in [0, 0.05) is 6.61 Å². The standard InChI is InChI=1S/C7H11N3OS/c1-12-7(9-5-8)10-6-2-3-11-4-6/h6H,2-4H2,1H3,(H,9,10). The molecule has 0 aromatic rings. The summed E-state index contributed by atoms with van der Waals surface area (Å²) < 4.78 is 5.15. The lowest BCUT2D eigenvalue weighted by Gasteiger charge is -2.03. The summed E-state index contributed by atoms with van der Waals surface area (Å²) in [6, 6.07) is 0.230. The zero-order chi connectivity index (χ0) is 8.81. The SMILES string of the molecule is CSC(=NC1CCOC1)NC#N. The smallest absolute Gasteiger partial charge is 0.183 e. The Morgan fingerprint density at radius 2 is 2.67 bits per heavy atom. The van der Waals surface area contributed by atoms with Crippen molar-refractivity contribution in [2.24, 2.45) is 4.99 Å². The van der Waals surface area contributed by atoms with Crippen molar-refractivity contribution in [1.29, 1.82) is 5.26 Å². The highest BCUT2D eigenvalue weighted by Gasteiger charge is 2.14. The average Bonchev–Trinajstić information content (AvgIpc) is 2.56. The predicted octanol–water partition coefficient (Wildman–Crippen LogP) is 0.565. The summed E-state index contributed by atoms with van der Waals surface area (Å²) in [5.74, 6) is 0. The highest BCUT2D eigenvalue weighted by atomic mass is 32.2. The van der Waals surface area contributed by atoms with Crippen LogP contribution in [0.4, 0.5) is 0 Å². The number of rotatable bonds is 1. The van der Waals surface area contributed by atoms with Crippen LogP contribution in [0.3, 0.4) is 0 Å². The fraction of sp³-hybridized carbons (Fsp3) is 0.714. The van der Waals surface area contributed by atoms with Crippen LogP contribution < -0.4 is 5.32 Å². The molecule has 4 nitrogen and oxygen atoms in total. The van der Waals surface area contributed by atoms with Crippen molar-refractivity contribution in [3.63, 3.8) is 0 Å². The van der Waals surface area contributed by atoms with Gasteiger partial charge in [-0.2, -0.15) is 5.26 Å². The number of nitrogens with one attached hydrogen (secondary N) is 1. The molecule has 1 heterocycles. The largest absolute Gasteiger partial charge is 0.379 e. The third kappa shape index (κ3) is 2.72. The maximum absolute atomic E-state index is 8.36. The first-order valence-corrected chi connectivity index (χ1v) is 4.94. The van der Waals surface area contributed by atoms with Crippen LogP contribution in [0.1, 0.15) is 6.42 Å². The first-order valence-electron chi connectivity index (χ1n) is 3.71. The number of hydrogen-bond acceptors (Lipinski definition) is 4. The number of hydrogen-bond donors (Lipinski definition) is 1. The minimum absolute atomic E-state index is 0.230. The Bertz CT molecular complexity index is 205. The van der Waals surface area contributed by atoms with Crippen molar-refractivity contribution in [2.75, 3.05) is 19.5 Å². The van der Waals surface area contributed by atoms with Gasteiger partial charge in [0.1, 0.15) is 0 Å². The molecule has 1 aliphatic rings. The topological polar surface area (TPSA) is 57.4 Å². The molecule has 12 heavy (non-hydrogen) atoms. The molecule has 0 bridgehead atoms. The van der Waals surface area contributed by atoms with Crippen molar-refractivity contribution in [3.05, 3.63) is 0 Å². The van der Waals surface area contributed by atoms with Gasteiger partial charge in [0.15, 0.2) is 11.4 Å². The number of nitriles is 1. The van der Waals surface area contributed by atoms with Crippen molar-refractivity contribution in [1.82, 2.24) is 5.32 Å². The Kier molecular flexibility index (Phi) is 3.91. The lowest BCUT2D eigenvalue weighted by atomic mass is 10.3. The molecule has 0 spiro atoms. The van der Waals surface area contributed by atoms with E-state index in [-0.39, 0.29) is 6.04 Å². The summed E-state index contributed by atoms with van der Waals surface area (Å²) in [7, 11) is 0. The van der Waals surface area contributed by atoms with Crippen LogP contribution in [0.5, 0.6) is 0 Å². The molecule has 1 saturated heterocycles. The number of amidine groups is 1. The summed E-state index contributed by atoms with van der Waals surface area (Å²) in [5.41, 5.74) is 0. The van der Waals surface area contributed by atoms with E-state index in [0.29, 0.717) is 11.8 Å². The number of thioether (sulfide) groups is 1. The van der Waals surface area contributed by atoms with Gasteiger partial charge in [-0.15, -0.1) is 0 Å². The Morgan fingerprint density at radius 3 is 3.17 bits per heavy atom. The Labute approximate surface area is 76.0 Å². The van der Waals surface area contributed by atoms with Crippen LogP contribution in [0.25, 0.3) is 0 Å². The van der Waals surface area contributed by atoms with Gasteiger partial charge >= 0.3 is 0 Å². The molecular weight excluding hydrogens is 174 g/mol. The normalized spacial score (nSPS) is 23.7.